The van der Waals surface area contributed by atoms with Crippen molar-refractivity contribution < 1.29 is 0 Å². The molecule has 28 heavy (non-hydrogen) atoms. The Kier molecular flexibility index (Phi) is 6.73. The van der Waals surface area contributed by atoms with Gasteiger partial charge in [-0.05, 0) is 23.5 Å². The lowest BCUT2D eigenvalue weighted by Crippen LogP contribution is -2.43. The topological polar surface area (TPSA) is 48.7 Å². The molecule has 1 aromatic carbocycles. The van der Waals surface area contributed by atoms with Gasteiger partial charge in [0.1, 0.15) is 0 Å². The zero-order valence-electron chi connectivity index (χ0n) is 17.9. The van der Waals surface area contributed by atoms with Crippen LogP contribution in [0.25, 0.3) is 0 Å². The molecule has 1 aliphatic heterocycles. The van der Waals surface area contributed by atoms with Crippen LogP contribution in [0.1, 0.15) is 42.1 Å². The third kappa shape index (κ3) is 4.93. The summed E-state index contributed by atoms with van der Waals surface area (Å²) in [5.74, 6) is 1.34. The van der Waals surface area contributed by atoms with Crippen molar-refractivity contribution in [3.8, 4) is 0 Å². The monoisotopic (exact) mass is 382 g/mol. The molecule has 3 rings (SSSR count). The van der Waals surface area contributed by atoms with Crippen LogP contribution in [-0.2, 0) is 26.6 Å². The summed E-state index contributed by atoms with van der Waals surface area (Å²) in [5.41, 5.74) is 5.39. The molecule has 0 saturated carbocycles. The Morgan fingerprint density at radius 2 is 2.04 bits per heavy atom. The molecule has 1 aromatic heterocycles. The van der Waals surface area contributed by atoms with Gasteiger partial charge < -0.3 is 10.2 Å². The fraction of sp³-hybridized carbons (Fsp3) is 0.545. The molecule has 2 heterocycles. The molecule has 1 aliphatic rings. The van der Waals surface area contributed by atoms with Gasteiger partial charge in [0.05, 0.1) is 5.69 Å². The first-order chi connectivity index (χ1) is 13.5. The van der Waals surface area contributed by atoms with Crippen molar-refractivity contribution in [3.05, 3.63) is 52.8 Å². The van der Waals surface area contributed by atoms with Crippen LogP contribution in [0, 0.1) is 0 Å². The average molecular weight is 383 g/mol. The van der Waals surface area contributed by atoms with Crippen LogP contribution in [0.4, 0.5) is 0 Å². The maximum absolute atomic E-state index is 4.61. The van der Waals surface area contributed by atoms with E-state index < -0.39 is 0 Å². The van der Waals surface area contributed by atoms with Crippen LogP contribution in [0.15, 0.2) is 35.5 Å². The van der Waals surface area contributed by atoms with E-state index in [1.807, 2.05) is 18.8 Å². The zero-order chi connectivity index (χ0) is 20.1. The molecule has 6 nitrogen and oxygen atoms in total. The van der Waals surface area contributed by atoms with Crippen molar-refractivity contribution in [3.63, 3.8) is 0 Å². The number of rotatable bonds is 6. The summed E-state index contributed by atoms with van der Waals surface area (Å²) in [4.78, 5) is 9.16. The smallest absolute Gasteiger partial charge is 0.193 e. The first-order valence-corrected chi connectivity index (χ1v) is 10.2. The van der Waals surface area contributed by atoms with Crippen molar-refractivity contribution in [2.45, 2.75) is 39.3 Å². The number of benzene rings is 1. The average Bonchev–Trinajstić information content (AvgIpc) is 3.05. The first kappa shape index (κ1) is 20.4. The highest BCUT2D eigenvalue weighted by Crippen LogP contribution is 2.19. The minimum absolute atomic E-state index is 0.418. The Morgan fingerprint density at radius 1 is 1.29 bits per heavy atom. The quantitative estimate of drug-likeness (QED) is 0.616. The Labute approximate surface area is 169 Å². The summed E-state index contributed by atoms with van der Waals surface area (Å²) in [7, 11) is 5.92. The van der Waals surface area contributed by atoms with Crippen molar-refractivity contribution in [2.24, 2.45) is 12.0 Å². The summed E-state index contributed by atoms with van der Waals surface area (Å²) in [5, 5.41) is 8.14. The molecule has 0 bridgehead atoms. The third-order valence-electron chi connectivity index (χ3n) is 5.39. The Bertz CT molecular complexity index is 807. The molecule has 152 valence electrons. The first-order valence-electron chi connectivity index (χ1n) is 10.2. The van der Waals surface area contributed by atoms with Gasteiger partial charge in [-0.15, -0.1) is 0 Å². The number of aryl methyl sites for hydroxylation is 1. The molecule has 0 unspecified atom stereocenters. The van der Waals surface area contributed by atoms with E-state index in [1.54, 1.807) is 0 Å². The molecule has 2 aromatic rings. The van der Waals surface area contributed by atoms with Gasteiger partial charge in [0.15, 0.2) is 5.96 Å². The van der Waals surface area contributed by atoms with Gasteiger partial charge in [0.2, 0.25) is 0 Å². The Hall–Kier alpha value is -2.34. The number of nitrogens with zero attached hydrogens (tertiary/aromatic N) is 5. The molecule has 0 saturated heterocycles. The van der Waals surface area contributed by atoms with E-state index in [-0.39, 0.29) is 0 Å². The standard InChI is InChI=1S/C22H34N6/c1-17(2)21-20(15-27(5)25-21)14-26(4)22(23-3)24-11-13-28-12-10-18-8-6-7-9-19(18)16-28/h6-9,15,17H,10-14,16H2,1-5H3,(H,23,24). The minimum atomic E-state index is 0.418. The van der Waals surface area contributed by atoms with Gasteiger partial charge in [-0.3, -0.25) is 14.6 Å². The molecule has 6 heteroatoms. The fourth-order valence-corrected chi connectivity index (χ4v) is 3.95. The van der Waals surface area contributed by atoms with Gasteiger partial charge in [0.25, 0.3) is 0 Å². The number of hydrogen-bond donors (Lipinski definition) is 1. The maximum atomic E-state index is 4.61. The van der Waals surface area contributed by atoms with Gasteiger partial charge in [-0.25, -0.2) is 0 Å². The van der Waals surface area contributed by atoms with Crippen molar-refractivity contribution >= 4 is 5.96 Å². The molecular formula is C22H34N6. The highest BCUT2D eigenvalue weighted by Gasteiger charge is 2.17. The Morgan fingerprint density at radius 3 is 2.75 bits per heavy atom. The van der Waals surface area contributed by atoms with Gasteiger partial charge in [0, 0.05) is 65.6 Å². The summed E-state index contributed by atoms with van der Waals surface area (Å²) < 4.78 is 1.91. The molecule has 0 amide bonds. The largest absolute Gasteiger partial charge is 0.355 e. The molecule has 0 atom stereocenters. The lowest BCUT2D eigenvalue weighted by molar-refractivity contribution is 0.257. The maximum Gasteiger partial charge on any atom is 0.193 e. The van der Waals surface area contributed by atoms with E-state index in [1.165, 1.54) is 16.7 Å². The van der Waals surface area contributed by atoms with E-state index in [0.717, 1.165) is 50.8 Å². The molecule has 0 aliphatic carbocycles. The van der Waals surface area contributed by atoms with E-state index in [2.05, 4.69) is 76.6 Å². The van der Waals surface area contributed by atoms with Crippen LogP contribution in [0.5, 0.6) is 0 Å². The van der Waals surface area contributed by atoms with Crippen molar-refractivity contribution in [2.75, 3.05) is 33.7 Å². The number of nitrogens with one attached hydrogen (secondary N) is 1. The number of aliphatic imine (C=N–C) groups is 1. The van der Waals surface area contributed by atoms with Gasteiger partial charge >= 0.3 is 0 Å². The summed E-state index contributed by atoms with van der Waals surface area (Å²) in [6, 6.07) is 8.79. The van der Waals surface area contributed by atoms with E-state index >= 15 is 0 Å². The van der Waals surface area contributed by atoms with E-state index in [9.17, 15) is 0 Å². The lowest BCUT2D eigenvalue weighted by Gasteiger charge is -2.29. The van der Waals surface area contributed by atoms with Crippen LogP contribution >= 0.6 is 0 Å². The van der Waals surface area contributed by atoms with Crippen LogP contribution < -0.4 is 5.32 Å². The molecule has 0 radical (unpaired) electrons. The predicted molar refractivity (Wildman–Crippen MR) is 116 cm³/mol. The number of hydrogen-bond acceptors (Lipinski definition) is 3. The third-order valence-corrected chi connectivity index (χ3v) is 5.39. The molecule has 0 fully saturated rings. The highest BCUT2D eigenvalue weighted by molar-refractivity contribution is 5.79. The molecular weight excluding hydrogens is 348 g/mol. The normalized spacial score (nSPS) is 15.0. The van der Waals surface area contributed by atoms with E-state index in [4.69, 9.17) is 0 Å². The summed E-state index contributed by atoms with van der Waals surface area (Å²) in [6.45, 7) is 9.26. The van der Waals surface area contributed by atoms with E-state index in [0.29, 0.717) is 5.92 Å². The minimum Gasteiger partial charge on any atom is -0.355 e. The summed E-state index contributed by atoms with van der Waals surface area (Å²) in [6.07, 6.45) is 3.26. The number of guanidine groups is 1. The fourth-order valence-electron chi connectivity index (χ4n) is 3.95. The van der Waals surface area contributed by atoms with Crippen LogP contribution in [-0.4, -0.2) is 59.3 Å². The zero-order valence-corrected chi connectivity index (χ0v) is 17.9. The lowest BCUT2D eigenvalue weighted by atomic mass is 10.00. The SMILES string of the molecule is CN=C(NCCN1CCc2ccccc2C1)N(C)Cc1cn(C)nc1C(C)C. The summed E-state index contributed by atoms with van der Waals surface area (Å²) >= 11 is 0. The Balaban J connectivity index is 1.51. The van der Waals surface area contributed by atoms with Crippen LogP contribution in [0.2, 0.25) is 0 Å². The second-order valence-corrected chi connectivity index (χ2v) is 7.99. The van der Waals surface area contributed by atoms with Gasteiger partial charge in [-0.1, -0.05) is 38.1 Å². The molecule has 0 spiro atoms. The second-order valence-electron chi connectivity index (χ2n) is 7.99. The number of fused-ring (bicyclic) bond motifs is 1. The van der Waals surface area contributed by atoms with Crippen molar-refractivity contribution in [1.82, 2.24) is 24.9 Å². The number of aromatic nitrogens is 2. The molecule has 1 N–H and O–H groups in total. The predicted octanol–water partition coefficient (Wildman–Crippen LogP) is 2.61. The van der Waals surface area contributed by atoms with Gasteiger partial charge in [-0.2, -0.15) is 5.10 Å². The van der Waals surface area contributed by atoms with Crippen molar-refractivity contribution in [1.29, 1.82) is 0 Å². The second kappa shape index (κ2) is 9.24. The highest BCUT2D eigenvalue weighted by atomic mass is 15.3. The van der Waals surface area contributed by atoms with Crippen LogP contribution in [0.3, 0.4) is 0 Å².